The third kappa shape index (κ3) is 8.40. The van der Waals surface area contributed by atoms with Crippen LogP contribution < -0.4 is 5.32 Å². The van der Waals surface area contributed by atoms with E-state index >= 15 is 0 Å². The number of methoxy groups -OCH3 is 1. The van der Waals surface area contributed by atoms with Gasteiger partial charge >= 0.3 is 6.18 Å². The van der Waals surface area contributed by atoms with Gasteiger partial charge in [-0.15, -0.1) is 11.8 Å². The maximum atomic E-state index is 12.9. The lowest BCUT2D eigenvalue weighted by Crippen LogP contribution is -2.29. The Morgan fingerprint density at radius 3 is 2.77 bits per heavy atom. The number of rotatable bonds is 10. The number of alkyl halides is 4. The molecule has 0 saturated heterocycles. The fraction of sp³-hybridized carbons (Fsp3) is 0.591. The molecule has 0 aromatic rings. The molecule has 174 valence electrons. The van der Waals surface area contributed by atoms with Crippen molar-refractivity contribution in [3.8, 4) is 0 Å². The van der Waals surface area contributed by atoms with E-state index in [-0.39, 0.29) is 23.5 Å². The van der Waals surface area contributed by atoms with Gasteiger partial charge < -0.3 is 14.8 Å². The standard InChI is InChI=1S/C22H29F3INO3S/c1-13-11-16(12-14(2)20(13)26)30-17(7-9-22(23,24)25)18-5-6-19(31-18)21(28)27-10-8-15(3)29-4/h6,11-13,17-18,20H,3,5,7-10H2,1-2,4H3,(H,27,28). The summed E-state index contributed by atoms with van der Waals surface area (Å²) in [6.07, 6.45) is 0.664. The molecule has 0 aromatic carbocycles. The Balaban J connectivity index is 2.01. The second kappa shape index (κ2) is 11.7. The molecule has 0 fully saturated rings. The predicted octanol–water partition coefficient (Wildman–Crippen LogP) is 6.05. The van der Waals surface area contributed by atoms with Crippen LogP contribution in [0.25, 0.3) is 0 Å². The summed E-state index contributed by atoms with van der Waals surface area (Å²) >= 11 is 3.64. The Hall–Kier alpha value is -1.10. The van der Waals surface area contributed by atoms with E-state index in [1.54, 1.807) is 6.08 Å². The highest BCUT2D eigenvalue weighted by Crippen LogP contribution is 2.39. The average molecular weight is 571 g/mol. The molecule has 1 heterocycles. The molecule has 31 heavy (non-hydrogen) atoms. The molecular formula is C22H29F3INO3S. The first kappa shape index (κ1) is 26.2. The van der Waals surface area contributed by atoms with Gasteiger partial charge in [0.2, 0.25) is 0 Å². The van der Waals surface area contributed by atoms with E-state index in [1.807, 2.05) is 19.1 Å². The van der Waals surface area contributed by atoms with Crippen LogP contribution in [0.4, 0.5) is 13.2 Å². The summed E-state index contributed by atoms with van der Waals surface area (Å²) in [6, 6.07) is 0. The van der Waals surface area contributed by atoms with E-state index in [2.05, 4.69) is 41.4 Å². The second-order valence-electron chi connectivity index (χ2n) is 7.74. The molecule has 0 bridgehead atoms. The van der Waals surface area contributed by atoms with E-state index in [0.29, 0.717) is 39.7 Å². The molecule has 2 aliphatic rings. The first-order valence-electron chi connectivity index (χ1n) is 10.1. The van der Waals surface area contributed by atoms with E-state index < -0.39 is 18.7 Å². The van der Waals surface area contributed by atoms with E-state index in [1.165, 1.54) is 18.9 Å². The van der Waals surface area contributed by atoms with Gasteiger partial charge in [-0.25, -0.2) is 0 Å². The van der Waals surface area contributed by atoms with Crippen LogP contribution in [0.2, 0.25) is 0 Å². The molecule has 0 aromatic heterocycles. The van der Waals surface area contributed by atoms with Crippen LogP contribution in [0.3, 0.4) is 0 Å². The third-order valence-electron chi connectivity index (χ3n) is 5.12. The zero-order valence-corrected chi connectivity index (χ0v) is 20.9. The quantitative estimate of drug-likeness (QED) is 0.197. The van der Waals surface area contributed by atoms with Crippen molar-refractivity contribution < 1.29 is 27.4 Å². The number of hydrogen-bond donors (Lipinski definition) is 1. The normalized spacial score (nSPS) is 24.6. The van der Waals surface area contributed by atoms with Crippen molar-refractivity contribution in [3.63, 3.8) is 0 Å². The molecule has 1 N–H and O–H groups in total. The molecule has 1 aliphatic carbocycles. The van der Waals surface area contributed by atoms with Gasteiger partial charge in [0.15, 0.2) is 0 Å². The Bertz CT molecular complexity index is 764. The van der Waals surface area contributed by atoms with Crippen LogP contribution in [0.1, 0.15) is 39.5 Å². The largest absolute Gasteiger partial charge is 0.502 e. The van der Waals surface area contributed by atoms with Crippen LogP contribution in [0.15, 0.2) is 46.8 Å². The highest BCUT2D eigenvalue weighted by Gasteiger charge is 2.36. The van der Waals surface area contributed by atoms with Crippen LogP contribution in [-0.4, -0.2) is 41.0 Å². The fourth-order valence-corrected chi connectivity index (χ4v) is 4.97. The van der Waals surface area contributed by atoms with Crippen molar-refractivity contribution in [1.82, 2.24) is 5.32 Å². The van der Waals surface area contributed by atoms with Gasteiger partial charge in [0.25, 0.3) is 5.91 Å². The molecule has 0 radical (unpaired) electrons. The first-order chi connectivity index (χ1) is 14.5. The first-order valence-corrected chi connectivity index (χ1v) is 12.3. The van der Waals surface area contributed by atoms with Crippen molar-refractivity contribution in [2.75, 3.05) is 13.7 Å². The van der Waals surface area contributed by atoms with Gasteiger partial charge in [-0.2, -0.15) is 13.2 Å². The number of nitrogens with one attached hydrogen (secondary N) is 1. The van der Waals surface area contributed by atoms with E-state index in [0.717, 1.165) is 5.57 Å². The summed E-state index contributed by atoms with van der Waals surface area (Å²) < 4.78 is 50.1. The monoisotopic (exact) mass is 571 g/mol. The topological polar surface area (TPSA) is 47.6 Å². The minimum absolute atomic E-state index is 0.149. The third-order valence-corrected chi connectivity index (χ3v) is 8.65. The number of amides is 1. The lowest BCUT2D eigenvalue weighted by Gasteiger charge is -2.29. The van der Waals surface area contributed by atoms with Crippen molar-refractivity contribution >= 4 is 40.3 Å². The molecule has 4 nitrogen and oxygen atoms in total. The van der Waals surface area contributed by atoms with Gasteiger partial charge in [0, 0.05) is 23.3 Å². The average Bonchev–Trinajstić information content (AvgIpc) is 3.18. The number of carbonyl (C=O) groups excluding carboxylic acids is 1. The van der Waals surface area contributed by atoms with Crippen LogP contribution in [0, 0.1) is 5.92 Å². The molecule has 1 aliphatic heterocycles. The van der Waals surface area contributed by atoms with Crippen molar-refractivity contribution in [2.45, 2.75) is 61.0 Å². The molecule has 4 atom stereocenters. The number of allylic oxidation sites excluding steroid dienone is 4. The van der Waals surface area contributed by atoms with Gasteiger partial charge in [-0.3, -0.25) is 4.79 Å². The number of thioether (sulfide) groups is 1. The van der Waals surface area contributed by atoms with Crippen LogP contribution >= 0.6 is 34.4 Å². The summed E-state index contributed by atoms with van der Waals surface area (Å²) in [5, 5.41) is 2.54. The maximum Gasteiger partial charge on any atom is 0.389 e. The summed E-state index contributed by atoms with van der Waals surface area (Å²) in [5.41, 5.74) is 1.13. The number of ether oxygens (including phenoxy) is 2. The highest BCUT2D eigenvalue weighted by molar-refractivity contribution is 14.1. The fourth-order valence-electron chi connectivity index (χ4n) is 3.35. The molecule has 0 spiro atoms. The summed E-state index contributed by atoms with van der Waals surface area (Å²) in [4.78, 5) is 12.9. The smallest absolute Gasteiger partial charge is 0.389 e. The summed E-state index contributed by atoms with van der Waals surface area (Å²) in [7, 11) is 1.52. The molecule has 9 heteroatoms. The maximum absolute atomic E-state index is 12.9. The van der Waals surface area contributed by atoms with E-state index in [4.69, 9.17) is 9.47 Å². The highest BCUT2D eigenvalue weighted by atomic mass is 127. The lowest BCUT2D eigenvalue weighted by molar-refractivity contribution is -0.140. The Labute approximate surface area is 199 Å². The molecular weight excluding hydrogens is 542 g/mol. The van der Waals surface area contributed by atoms with Gasteiger partial charge in [0.05, 0.1) is 23.0 Å². The Kier molecular flexibility index (Phi) is 9.85. The molecule has 0 saturated carbocycles. The minimum Gasteiger partial charge on any atom is -0.502 e. The van der Waals surface area contributed by atoms with Gasteiger partial charge in [-0.05, 0) is 37.8 Å². The second-order valence-corrected chi connectivity index (χ2v) is 10.4. The zero-order chi connectivity index (χ0) is 23.2. The Morgan fingerprint density at radius 2 is 2.16 bits per heavy atom. The summed E-state index contributed by atoms with van der Waals surface area (Å²) in [5.74, 6) is 1.18. The van der Waals surface area contributed by atoms with E-state index in [9.17, 15) is 18.0 Å². The lowest BCUT2D eigenvalue weighted by atomic mass is 9.96. The molecule has 4 unspecified atom stereocenters. The molecule has 2 rings (SSSR count). The van der Waals surface area contributed by atoms with Gasteiger partial charge in [-0.1, -0.05) is 47.7 Å². The number of halogens is 4. The predicted molar refractivity (Wildman–Crippen MR) is 127 cm³/mol. The SMILES string of the molecule is C=C(CCNC(=O)C1=CCC(C(CCC(F)(F)F)OC2=CC(C)C(I)C(C)=C2)S1)OC. The number of carbonyl (C=O) groups is 1. The summed E-state index contributed by atoms with van der Waals surface area (Å²) in [6.45, 7) is 8.15. The van der Waals surface area contributed by atoms with Gasteiger partial charge in [0.1, 0.15) is 11.9 Å². The van der Waals surface area contributed by atoms with Crippen LogP contribution in [0.5, 0.6) is 0 Å². The van der Waals surface area contributed by atoms with Crippen LogP contribution in [-0.2, 0) is 14.3 Å². The Morgan fingerprint density at radius 1 is 1.45 bits per heavy atom. The number of hydrogen-bond acceptors (Lipinski definition) is 4. The zero-order valence-electron chi connectivity index (χ0n) is 17.9. The molecule has 1 amide bonds. The minimum atomic E-state index is -4.25. The van der Waals surface area contributed by atoms with Crippen molar-refractivity contribution in [2.24, 2.45) is 5.92 Å². The van der Waals surface area contributed by atoms with Crippen molar-refractivity contribution in [1.29, 1.82) is 0 Å². The van der Waals surface area contributed by atoms with Crippen molar-refractivity contribution in [3.05, 3.63) is 46.8 Å².